The third-order valence-corrected chi connectivity index (χ3v) is 2.28. The third-order valence-electron chi connectivity index (χ3n) is 2.28. The van der Waals surface area contributed by atoms with Crippen LogP contribution in [-0.2, 0) is 5.41 Å². The van der Waals surface area contributed by atoms with Crippen LogP contribution in [0, 0.1) is 0 Å². The van der Waals surface area contributed by atoms with Gasteiger partial charge in [-0.1, -0.05) is 20.8 Å². The monoisotopic (exact) mass is 217 g/mol. The summed E-state index contributed by atoms with van der Waals surface area (Å²) in [7, 11) is 0. The van der Waals surface area contributed by atoms with Gasteiger partial charge in [-0.3, -0.25) is 0 Å². The van der Waals surface area contributed by atoms with Crippen LogP contribution in [0.15, 0.2) is 24.4 Å². The largest absolute Gasteiger partial charge is 0.384 e. The first kappa shape index (κ1) is 10.6. The van der Waals surface area contributed by atoms with Crippen molar-refractivity contribution in [1.82, 2.24) is 20.0 Å². The first-order valence-electron chi connectivity index (χ1n) is 5.12. The van der Waals surface area contributed by atoms with E-state index in [4.69, 9.17) is 5.73 Å². The Morgan fingerprint density at radius 3 is 2.56 bits per heavy atom. The number of hydrogen-bond acceptors (Lipinski definition) is 4. The molecular weight excluding hydrogens is 202 g/mol. The first-order valence-corrected chi connectivity index (χ1v) is 5.12. The van der Waals surface area contributed by atoms with E-state index in [1.807, 2.05) is 12.1 Å². The van der Waals surface area contributed by atoms with Crippen molar-refractivity contribution in [2.24, 2.45) is 0 Å². The number of nitrogens with two attached hydrogens (primary N) is 1. The number of nitrogens with zero attached hydrogens (tertiary/aromatic N) is 4. The molecule has 0 saturated heterocycles. The third kappa shape index (κ3) is 1.88. The van der Waals surface area contributed by atoms with Gasteiger partial charge in [-0.15, -0.1) is 5.10 Å². The quantitative estimate of drug-likeness (QED) is 0.786. The normalized spacial score (nSPS) is 11.7. The van der Waals surface area contributed by atoms with E-state index in [0.717, 1.165) is 5.69 Å². The van der Waals surface area contributed by atoms with Gasteiger partial charge in [0.2, 0.25) is 0 Å². The van der Waals surface area contributed by atoms with Crippen molar-refractivity contribution in [2.75, 3.05) is 5.73 Å². The smallest absolute Gasteiger partial charge is 0.177 e. The van der Waals surface area contributed by atoms with Crippen molar-refractivity contribution in [3.8, 4) is 5.82 Å². The van der Waals surface area contributed by atoms with E-state index in [1.54, 1.807) is 16.9 Å². The SMILES string of the molecule is CC(C)(C)c1cc(N)n(-c2cccnn2)n1. The van der Waals surface area contributed by atoms with Gasteiger partial charge in [0.25, 0.3) is 0 Å². The minimum Gasteiger partial charge on any atom is -0.384 e. The second-order valence-corrected chi connectivity index (χ2v) is 4.70. The van der Waals surface area contributed by atoms with Crippen LogP contribution in [0.2, 0.25) is 0 Å². The van der Waals surface area contributed by atoms with E-state index in [9.17, 15) is 0 Å². The Bertz CT molecular complexity index is 481. The molecule has 0 aliphatic heterocycles. The molecule has 2 heterocycles. The van der Waals surface area contributed by atoms with Crippen LogP contribution in [0.4, 0.5) is 5.82 Å². The van der Waals surface area contributed by atoms with Crippen molar-refractivity contribution in [3.05, 3.63) is 30.1 Å². The van der Waals surface area contributed by atoms with Crippen molar-refractivity contribution < 1.29 is 0 Å². The molecule has 2 N–H and O–H groups in total. The van der Waals surface area contributed by atoms with Gasteiger partial charge in [-0.05, 0) is 12.1 Å². The second kappa shape index (κ2) is 3.59. The van der Waals surface area contributed by atoms with Crippen LogP contribution < -0.4 is 5.73 Å². The summed E-state index contributed by atoms with van der Waals surface area (Å²) in [6.07, 6.45) is 1.62. The number of hydrogen-bond donors (Lipinski definition) is 1. The predicted octanol–water partition coefficient (Wildman–Crippen LogP) is 1.54. The summed E-state index contributed by atoms with van der Waals surface area (Å²) >= 11 is 0. The average molecular weight is 217 g/mol. The summed E-state index contributed by atoms with van der Waals surface area (Å²) in [5.74, 6) is 1.21. The highest BCUT2D eigenvalue weighted by molar-refractivity contribution is 5.40. The number of rotatable bonds is 1. The zero-order valence-electron chi connectivity index (χ0n) is 9.68. The molecule has 0 radical (unpaired) electrons. The molecule has 0 spiro atoms. The fourth-order valence-electron chi connectivity index (χ4n) is 1.35. The molecule has 2 aromatic heterocycles. The summed E-state index contributed by atoms with van der Waals surface area (Å²) in [5.41, 5.74) is 6.82. The highest BCUT2D eigenvalue weighted by Gasteiger charge is 2.19. The van der Waals surface area contributed by atoms with Gasteiger partial charge < -0.3 is 5.73 Å². The Kier molecular flexibility index (Phi) is 2.38. The van der Waals surface area contributed by atoms with Gasteiger partial charge in [0, 0.05) is 17.7 Å². The highest BCUT2D eigenvalue weighted by atomic mass is 15.4. The minimum atomic E-state index is -0.0262. The molecule has 5 nitrogen and oxygen atoms in total. The Balaban J connectivity index is 2.48. The lowest BCUT2D eigenvalue weighted by Gasteiger charge is -2.13. The van der Waals surface area contributed by atoms with E-state index < -0.39 is 0 Å². The van der Waals surface area contributed by atoms with Gasteiger partial charge in [0.15, 0.2) is 5.82 Å². The molecule has 0 fully saturated rings. The van der Waals surface area contributed by atoms with Crippen LogP contribution in [0.25, 0.3) is 5.82 Å². The number of aromatic nitrogens is 4. The highest BCUT2D eigenvalue weighted by Crippen LogP contribution is 2.23. The van der Waals surface area contributed by atoms with Crippen LogP contribution in [0.3, 0.4) is 0 Å². The topological polar surface area (TPSA) is 69.6 Å². The van der Waals surface area contributed by atoms with Crippen molar-refractivity contribution in [3.63, 3.8) is 0 Å². The van der Waals surface area contributed by atoms with Gasteiger partial charge in [0.1, 0.15) is 5.82 Å². The molecule has 2 rings (SSSR count). The fourth-order valence-corrected chi connectivity index (χ4v) is 1.35. The number of nitrogen functional groups attached to an aromatic ring is 1. The number of anilines is 1. The molecule has 16 heavy (non-hydrogen) atoms. The fraction of sp³-hybridized carbons (Fsp3) is 0.364. The van der Waals surface area contributed by atoms with Gasteiger partial charge in [-0.2, -0.15) is 14.9 Å². The van der Waals surface area contributed by atoms with Crippen LogP contribution in [-0.4, -0.2) is 20.0 Å². The molecule has 0 unspecified atom stereocenters. The maximum absolute atomic E-state index is 5.90. The molecule has 0 saturated carbocycles. The summed E-state index contributed by atoms with van der Waals surface area (Å²) in [6, 6.07) is 5.50. The summed E-state index contributed by atoms with van der Waals surface area (Å²) < 4.78 is 1.60. The summed E-state index contributed by atoms with van der Waals surface area (Å²) in [6.45, 7) is 6.28. The van der Waals surface area contributed by atoms with E-state index in [1.165, 1.54) is 0 Å². The molecule has 0 aromatic carbocycles. The average Bonchev–Trinajstić information content (AvgIpc) is 2.61. The molecule has 0 atom stereocenters. The Morgan fingerprint density at radius 1 is 1.31 bits per heavy atom. The molecule has 0 amide bonds. The second-order valence-electron chi connectivity index (χ2n) is 4.70. The maximum Gasteiger partial charge on any atom is 0.177 e. The van der Waals surface area contributed by atoms with Crippen molar-refractivity contribution in [1.29, 1.82) is 0 Å². The lowest BCUT2D eigenvalue weighted by molar-refractivity contribution is 0.559. The zero-order valence-corrected chi connectivity index (χ0v) is 9.68. The van der Waals surface area contributed by atoms with Gasteiger partial charge in [-0.25, -0.2) is 0 Å². The van der Waals surface area contributed by atoms with Crippen molar-refractivity contribution in [2.45, 2.75) is 26.2 Å². The molecule has 0 aliphatic rings. The molecule has 0 bridgehead atoms. The zero-order chi connectivity index (χ0) is 11.8. The molecule has 5 heteroatoms. The maximum atomic E-state index is 5.90. The van der Waals surface area contributed by atoms with E-state index >= 15 is 0 Å². The molecule has 84 valence electrons. The van der Waals surface area contributed by atoms with E-state index in [2.05, 4.69) is 36.1 Å². The van der Waals surface area contributed by atoms with Gasteiger partial charge in [0.05, 0.1) is 5.69 Å². The molecule has 2 aromatic rings. The Morgan fingerprint density at radius 2 is 2.06 bits per heavy atom. The molecule has 0 aliphatic carbocycles. The van der Waals surface area contributed by atoms with Crippen LogP contribution >= 0.6 is 0 Å². The van der Waals surface area contributed by atoms with Crippen molar-refractivity contribution >= 4 is 5.82 Å². The predicted molar refractivity (Wildman–Crippen MR) is 62.3 cm³/mol. The first-order chi connectivity index (χ1) is 7.48. The van der Waals surface area contributed by atoms with Crippen LogP contribution in [0.5, 0.6) is 0 Å². The van der Waals surface area contributed by atoms with E-state index in [-0.39, 0.29) is 5.41 Å². The minimum absolute atomic E-state index is 0.0262. The summed E-state index contributed by atoms with van der Waals surface area (Å²) in [5, 5.41) is 12.2. The summed E-state index contributed by atoms with van der Waals surface area (Å²) in [4.78, 5) is 0. The lowest BCUT2D eigenvalue weighted by Crippen LogP contribution is -2.13. The van der Waals surface area contributed by atoms with Gasteiger partial charge >= 0.3 is 0 Å². The van der Waals surface area contributed by atoms with E-state index in [0.29, 0.717) is 11.6 Å². The van der Waals surface area contributed by atoms with Crippen LogP contribution in [0.1, 0.15) is 26.5 Å². The Hall–Kier alpha value is -1.91. The molecular formula is C11H15N5. The Labute approximate surface area is 94.3 Å². The lowest BCUT2D eigenvalue weighted by atomic mass is 9.92. The standard InChI is InChI=1S/C11H15N5/c1-11(2,3)8-7-9(12)16(15-8)10-5-4-6-13-14-10/h4-7H,12H2,1-3H3.